The van der Waals surface area contributed by atoms with Gasteiger partial charge in [-0.15, -0.1) is 0 Å². The minimum absolute atomic E-state index is 0.00145. The molecule has 0 unspecified atom stereocenters. The summed E-state index contributed by atoms with van der Waals surface area (Å²) in [6.45, 7) is 6.01. The summed E-state index contributed by atoms with van der Waals surface area (Å²) in [7, 11) is 1.35. The van der Waals surface area contributed by atoms with E-state index in [0.717, 1.165) is 18.4 Å². The molecule has 0 bridgehead atoms. The van der Waals surface area contributed by atoms with Crippen molar-refractivity contribution in [1.82, 2.24) is 0 Å². The zero-order valence-corrected chi connectivity index (χ0v) is 21.1. The number of carbonyl (C=O) groups is 5. The van der Waals surface area contributed by atoms with Crippen molar-refractivity contribution >= 4 is 29.5 Å². The van der Waals surface area contributed by atoms with Gasteiger partial charge in [-0.25, -0.2) is 0 Å². The molecule has 0 aromatic heterocycles. The fraction of sp³-hybridized carbons (Fsp3) is 0.667. The van der Waals surface area contributed by atoms with Crippen LogP contribution in [0.25, 0.3) is 0 Å². The average Bonchev–Trinajstić information content (AvgIpc) is 3.09. The fourth-order valence-electron chi connectivity index (χ4n) is 7.96. The third kappa shape index (κ3) is 3.76. The first kappa shape index (κ1) is 25.3. The van der Waals surface area contributed by atoms with Gasteiger partial charge in [0, 0.05) is 24.7 Å². The summed E-state index contributed by atoms with van der Waals surface area (Å²) in [6, 6.07) is 0. The second-order valence-electron chi connectivity index (χ2n) is 10.9. The van der Waals surface area contributed by atoms with E-state index in [1.54, 1.807) is 12.2 Å². The number of rotatable bonds is 5. The van der Waals surface area contributed by atoms with Crippen LogP contribution in [-0.2, 0) is 38.2 Å². The lowest BCUT2D eigenvalue weighted by Crippen LogP contribution is -2.62. The van der Waals surface area contributed by atoms with Gasteiger partial charge in [-0.1, -0.05) is 25.5 Å². The highest BCUT2D eigenvalue weighted by Crippen LogP contribution is 2.69. The number of methoxy groups -OCH3 is 1. The Morgan fingerprint density at radius 1 is 1.09 bits per heavy atom. The topological polar surface area (TPSA) is 113 Å². The molecule has 190 valence electrons. The molecule has 0 aliphatic heterocycles. The molecule has 4 rings (SSSR count). The largest absolute Gasteiger partial charge is 0.469 e. The highest BCUT2D eigenvalue weighted by atomic mass is 16.6. The van der Waals surface area contributed by atoms with E-state index in [1.165, 1.54) is 21.0 Å². The van der Waals surface area contributed by atoms with Gasteiger partial charge in [0.15, 0.2) is 18.0 Å². The first-order valence-corrected chi connectivity index (χ1v) is 12.3. The minimum atomic E-state index is -1.49. The van der Waals surface area contributed by atoms with Crippen molar-refractivity contribution in [3.8, 4) is 0 Å². The van der Waals surface area contributed by atoms with Crippen LogP contribution in [0.3, 0.4) is 0 Å². The predicted molar refractivity (Wildman–Crippen MR) is 124 cm³/mol. The second-order valence-corrected chi connectivity index (χ2v) is 10.9. The molecular weight excluding hydrogens is 452 g/mol. The normalized spacial score (nSPS) is 39.5. The lowest BCUT2D eigenvalue weighted by molar-refractivity contribution is -0.197. The molecule has 4 aliphatic carbocycles. The Morgan fingerprint density at radius 3 is 2.43 bits per heavy atom. The second kappa shape index (κ2) is 8.71. The molecule has 8 heteroatoms. The van der Waals surface area contributed by atoms with Crippen molar-refractivity contribution in [2.24, 2.45) is 34.5 Å². The van der Waals surface area contributed by atoms with Crippen LogP contribution in [0, 0.1) is 34.5 Å². The molecule has 0 aromatic rings. The molecule has 7 atom stereocenters. The number of fused-ring (bicyclic) bond motifs is 5. The smallest absolute Gasteiger partial charge is 0.309 e. The molecule has 0 heterocycles. The van der Waals surface area contributed by atoms with Crippen molar-refractivity contribution < 1.29 is 38.2 Å². The van der Waals surface area contributed by atoms with E-state index in [-0.39, 0.29) is 35.9 Å². The Balaban J connectivity index is 1.81. The van der Waals surface area contributed by atoms with E-state index in [4.69, 9.17) is 14.2 Å². The van der Waals surface area contributed by atoms with Crippen LogP contribution < -0.4 is 0 Å². The summed E-state index contributed by atoms with van der Waals surface area (Å²) in [6.07, 6.45) is 7.91. The van der Waals surface area contributed by atoms with Crippen molar-refractivity contribution in [2.75, 3.05) is 13.7 Å². The van der Waals surface area contributed by atoms with Crippen LogP contribution in [0.5, 0.6) is 0 Å². The zero-order chi connectivity index (χ0) is 25.8. The molecule has 4 aliphatic rings. The maximum Gasteiger partial charge on any atom is 0.309 e. The van der Waals surface area contributed by atoms with Gasteiger partial charge in [0.25, 0.3) is 0 Å². The molecule has 35 heavy (non-hydrogen) atoms. The molecule has 0 spiro atoms. The van der Waals surface area contributed by atoms with Gasteiger partial charge >= 0.3 is 17.9 Å². The van der Waals surface area contributed by atoms with Crippen LogP contribution in [0.2, 0.25) is 0 Å². The highest BCUT2D eigenvalue weighted by Gasteiger charge is 2.71. The Bertz CT molecular complexity index is 1040. The SMILES string of the molecule is COC(=O)[C@@H]1C[C@@]2(C)[C@H](CC[C@]2(OC(C)=O)C(=O)COC(C)=O)[C@H]2CCC3=CC(=O)C=C[C@]3(C)[C@@H]21. The van der Waals surface area contributed by atoms with E-state index in [9.17, 15) is 24.0 Å². The fourth-order valence-corrected chi connectivity index (χ4v) is 7.96. The minimum Gasteiger partial charge on any atom is -0.469 e. The van der Waals surface area contributed by atoms with E-state index in [1.807, 2.05) is 13.0 Å². The van der Waals surface area contributed by atoms with Gasteiger partial charge in [-0.05, 0) is 62.0 Å². The summed E-state index contributed by atoms with van der Waals surface area (Å²) < 4.78 is 16.1. The zero-order valence-electron chi connectivity index (χ0n) is 21.1. The van der Waals surface area contributed by atoms with Gasteiger partial charge in [-0.2, -0.15) is 0 Å². The maximum atomic E-state index is 13.6. The molecule has 0 aromatic carbocycles. The average molecular weight is 487 g/mol. The van der Waals surface area contributed by atoms with Crippen LogP contribution in [0.4, 0.5) is 0 Å². The predicted octanol–water partition coefficient (Wildman–Crippen LogP) is 3.13. The third-order valence-electron chi connectivity index (χ3n) is 9.32. The summed E-state index contributed by atoms with van der Waals surface area (Å²) in [5.74, 6) is -2.68. The lowest BCUT2D eigenvalue weighted by atomic mass is 9.44. The van der Waals surface area contributed by atoms with Gasteiger partial charge in [0.1, 0.15) is 0 Å². The first-order valence-electron chi connectivity index (χ1n) is 12.3. The van der Waals surface area contributed by atoms with Gasteiger partial charge in [0.2, 0.25) is 5.78 Å². The van der Waals surface area contributed by atoms with Crippen molar-refractivity contribution in [3.63, 3.8) is 0 Å². The van der Waals surface area contributed by atoms with Crippen LogP contribution in [-0.4, -0.2) is 48.8 Å². The molecule has 8 nitrogen and oxygen atoms in total. The van der Waals surface area contributed by atoms with Crippen LogP contribution in [0.1, 0.15) is 59.8 Å². The third-order valence-corrected chi connectivity index (χ3v) is 9.32. The highest BCUT2D eigenvalue weighted by molar-refractivity contribution is 6.01. The van der Waals surface area contributed by atoms with E-state index >= 15 is 0 Å². The van der Waals surface area contributed by atoms with E-state index in [2.05, 4.69) is 6.92 Å². The van der Waals surface area contributed by atoms with Crippen LogP contribution >= 0.6 is 0 Å². The first-order chi connectivity index (χ1) is 16.4. The Morgan fingerprint density at radius 2 is 1.80 bits per heavy atom. The summed E-state index contributed by atoms with van der Waals surface area (Å²) >= 11 is 0. The molecule has 0 amide bonds. The number of ketones is 2. The molecule has 0 radical (unpaired) electrons. The van der Waals surface area contributed by atoms with Crippen LogP contribution in [0.15, 0.2) is 23.8 Å². The molecule has 0 saturated heterocycles. The maximum absolute atomic E-state index is 13.6. The molecule has 0 N–H and O–H groups in total. The number of carbonyl (C=O) groups excluding carboxylic acids is 5. The number of esters is 3. The number of hydrogen-bond donors (Lipinski definition) is 0. The van der Waals surface area contributed by atoms with E-state index < -0.39 is 46.7 Å². The summed E-state index contributed by atoms with van der Waals surface area (Å²) in [5.41, 5.74) is -1.79. The standard InChI is InChI=1S/C27H34O8/c1-15(28)34-14-22(31)27(35-16(2)29)11-9-21-19-7-6-17-12-18(30)8-10-25(17,3)23(19)20(24(32)33-5)13-26(21,27)4/h8,10,12,19-21,23H,6-7,9,11,13-14H2,1-5H3/t19-,20-,21-,23+,25+,26+,27+/m1/s1. The molecule has 3 fully saturated rings. The van der Waals surface area contributed by atoms with Crippen molar-refractivity contribution in [2.45, 2.75) is 65.4 Å². The van der Waals surface area contributed by atoms with Crippen molar-refractivity contribution in [3.05, 3.63) is 23.8 Å². The van der Waals surface area contributed by atoms with Gasteiger partial charge < -0.3 is 14.2 Å². The van der Waals surface area contributed by atoms with Gasteiger partial charge in [-0.3, -0.25) is 24.0 Å². The molecular formula is C27H34O8. The van der Waals surface area contributed by atoms with Crippen molar-refractivity contribution in [1.29, 1.82) is 0 Å². The quantitative estimate of drug-likeness (QED) is 0.430. The summed E-state index contributed by atoms with van der Waals surface area (Å²) in [4.78, 5) is 62.6. The summed E-state index contributed by atoms with van der Waals surface area (Å²) in [5, 5.41) is 0. The Hall–Kier alpha value is -2.77. The van der Waals surface area contributed by atoms with E-state index in [0.29, 0.717) is 12.8 Å². The monoisotopic (exact) mass is 486 g/mol. The number of ether oxygens (including phenoxy) is 3. The lowest BCUT2D eigenvalue weighted by Gasteiger charge is -2.60. The van der Waals surface area contributed by atoms with Gasteiger partial charge in [0.05, 0.1) is 13.0 Å². The Kier molecular flexibility index (Phi) is 6.31. The molecule has 3 saturated carbocycles. The number of allylic oxidation sites excluding steroid dienone is 4. The number of hydrogen-bond acceptors (Lipinski definition) is 8. The Labute approximate surface area is 205 Å². The number of Topliss-reactive ketones (excluding diaryl/α,β-unsaturated/α-hetero) is 1.